The van der Waals surface area contributed by atoms with Crippen LogP contribution in [0.15, 0.2) is 48.5 Å². The lowest BCUT2D eigenvalue weighted by Crippen LogP contribution is -2.38. The van der Waals surface area contributed by atoms with Crippen LogP contribution in [0, 0.1) is 0 Å². The molecule has 1 heterocycles. The van der Waals surface area contributed by atoms with Crippen molar-refractivity contribution in [3.8, 4) is 5.75 Å². The SMILES string of the molecule is Nc1ccc(OC2CCN(c3ccc(N)cc3)CC2)cc1. The van der Waals surface area contributed by atoms with E-state index in [0.717, 1.165) is 43.1 Å². The van der Waals surface area contributed by atoms with Gasteiger partial charge >= 0.3 is 0 Å². The summed E-state index contributed by atoms with van der Waals surface area (Å²) in [5, 5.41) is 0. The molecular weight excluding hydrogens is 262 g/mol. The molecule has 1 fully saturated rings. The van der Waals surface area contributed by atoms with E-state index < -0.39 is 0 Å². The van der Waals surface area contributed by atoms with E-state index in [9.17, 15) is 0 Å². The van der Waals surface area contributed by atoms with Crippen LogP contribution in [0.4, 0.5) is 17.1 Å². The van der Waals surface area contributed by atoms with Crippen molar-refractivity contribution in [2.75, 3.05) is 29.5 Å². The number of anilines is 3. The molecule has 1 aliphatic rings. The topological polar surface area (TPSA) is 64.5 Å². The highest BCUT2D eigenvalue weighted by Crippen LogP contribution is 2.24. The molecule has 0 saturated carbocycles. The van der Waals surface area contributed by atoms with E-state index in [1.165, 1.54) is 5.69 Å². The quantitative estimate of drug-likeness (QED) is 0.850. The number of nitrogen functional groups attached to an aromatic ring is 2. The number of rotatable bonds is 3. The summed E-state index contributed by atoms with van der Waals surface area (Å²) in [5.41, 5.74) is 14.2. The normalized spacial score (nSPS) is 15.9. The summed E-state index contributed by atoms with van der Waals surface area (Å²) in [7, 11) is 0. The molecule has 1 saturated heterocycles. The smallest absolute Gasteiger partial charge is 0.119 e. The molecule has 0 unspecified atom stereocenters. The van der Waals surface area contributed by atoms with E-state index in [-0.39, 0.29) is 6.10 Å². The Labute approximate surface area is 125 Å². The lowest BCUT2D eigenvalue weighted by Gasteiger charge is -2.33. The largest absolute Gasteiger partial charge is 0.490 e. The van der Waals surface area contributed by atoms with E-state index in [1.54, 1.807) is 0 Å². The molecular formula is C17H21N3O. The summed E-state index contributed by atoms with van der Waals surface area (Å²) in [5.74, 6) is 0.898. The second-order valence-corrected chi connectivity index (χ2v) is 5.46. The Morgan fingerprint density at radius 2 is 1.33 bits per heavy atom. The molecule has 0 amide bonds. The Balaban J connectivity index is 1.55. The van der Waals surface area contributed by atoms with Gasteiger partial charge in [-0.05, 0) is 48.5 Å². The molecule has 0 bridgehead atoms. The molecule has 0 aromatic heterocycles. The maximum atomic E-state index is 6.01. The van der Waals surface area contributed by atoms with Gasteiger partial charge in [-0.3, -0.25) is 0 Å². The highest BCUT2D eigenvalue weighted by Gasteiger charge is 2.20. The van der Waals surface area contributed by atoms with Crippen molar-refractivity contribution in [3.63, 3.8) is 0 Å². The predicted octanol–water partition coefficient (Wildman–Crippen LogP) is 2.90. The van der Waals surface area contributed by atoms with E-state index in [2.05, 4.69) is 17.0 Å². The number of hydrogen-bond acceptors (Lipinski definition) is 4. The molecule has 4 nitrogen and oxygen atoms in total. The Kier molecular flexibility index (Phi) is 3.86. The molecule has 0 aliphatic carbocycles. The zero-order valence-corrected chi connectivity index (χ0v) is 12.0. The van der Waals surface area contributed by atoms with Gasteiger partial charge in [0.1, 0.15) is 11.9 Å². The van der Waals surface area contributed by atoms with Crippen LogP contribution in [-0.4, -0.2) is 19.2 Å². The monoisotopic (exact) mass is 283 g/mol. The van der Waals surface area contributed by atoms with Gasteiger partial charge in [-0.15, -0.1) is 0 Å². The summed E-state index contributed by atoms with van der Waals surface area (Å²) >= 11 is 0. The third-order valence-corrected chi connectivity index (χ3v) is 3.88. The standard InChI is InChI=1S/C17H21N3O/c18-13-1-5-15(6-2-13)20-11-9-17(10-12-20)21-16-7-3-14(19)4-8-16/h1-8,17H,9-12,18-19H2. The van der Waals surface area contributed by atoms with Crippen LogP contribution < -0.4 is 21.1 Å². The maximum Gasteiger partial charge on any atom is 0.119 e. The van der Waals surface area contributed by atoms with Crippen molar-refractivity contribution in [2.24, 2.45) is 0 Å². The summed E-state index contributed by atoms with van der Waals surface area (Å²) in [6.07, 6.45) is 2.32. The maximum absolute atomic E-state index is 6.01. The van der Waals surface area contributed by atoms with Crippen LogP contribution in [0.5, 0.6) is 5.75 Å². The molecule has 4 heteroatoms. The van der Waals surface area contributed by atoms with Gasteiger partial charge in [-0.1, -0.05) is 0 Å². The van der Waals surface area contributed by atoms with Crippen molar-refractivity contribution in [1.82, 2.24) is 0 Å². The number of ether oxygens (including phenoxy) is 1. The molecule has 4 N–H and O–H groups in total. The average Bonchev–Trinajstić information content (AvgIpc) is 2.51. The lowest BCUT2D eigenvalue weighted by atomic mass is 10.1. The summed E-state index contributed by atoms with van der Waals surface area (Å²) in [4.78, 5) is 2.38. The Morgan fingerprint density at radius 3 is 1.90 bits per heavy atom. The first-order valence-electron chi connectivity index (χ1n) is 7.33. The minimum Gasteiger partial charge on any atom is -0.490 e. The van der Waals surface area contributed by atoms with Crippen LogP contribution in [0.3, 0.4) is 0 Å². The minimum atomic E-state index is 0.277. The van der Waals surface area contributed by atoms with Gasteiger partial charge in [0, 0.05) is 43.0 Å². The Morgan fingerprint density at radius 1 is 0.810 bits per heavy atom. The van der Waals surface area contributed by atoms with Crippen molar-refractivity contribution in [1.29, 1.82) is 0 Å². The third-order valence-electron chi connectivity index (χ3n) is 3.88. The lowest BCUT2D eigenvalue weighted by molar-refractivity contribution is 0.171. The number of nitrogens with two attached hydrogens (primary N) is 2. The minimum absolute atomic E-state index is 0.277. The van der Waals surface area contributed by atoms with Gasteiger partial charge in [-0.25, -0.2) is 0 Å². The number of piperidine rings is 1. The second kappa shape index (κ2) is 5.95. The first kappa shape index (κ1) is 13.6. The second-order valence-electron chi connectivity index (χ2n) is 5.46. The molecule has 3 rings (SSSR count). The summed E-state index contributed by atoms with van der Waals surface area (Å²) in [6.45, 7) is 2.01. The zero-order valence-electron chi connectivity index (χ0n) is 12.0. The van der Waals surface area contributed by atoms with Crippen molar-refractivity contribution < 1.29 is 4.74 Å². The summed E-state index contributed by atoms with van der Waals surface area (Å²) < 4.78 is 6.01. The van der Waals surface area contributed by atoms with Gasteiger partial charge in [0.25, 0.3) is 0 Å². The Hall–Kier alpha value is -2.36. The molecule has 1 aliphatic heterocycles. The number of nitrogens with zero attached hydrogens (tertiary/aromatic N) is 1. The van der Waals surface area contributed by atoms with Crippen molar-refractivity contribution >= 4 is 17.1 Å². The molecule has 0 radical (unpaired) electrons. The predicted molar refractivity (Wildman–Crippen MR) is 87.6 cm³/mol. The Bertz CT molecular complexity index is 572. The van der Waals surface area contributed by atoms with Gasteiger partial charge < -0.3 is 21.1 Å². The van der Waals surface area contributed by atoms with Gasteiger partial charge in [0.2, 0.25) is 0 Å². The highest BCUT2D eigenvalue weighted by atomic mass is 16.5. The van der Waals surface area contributed by atoms with Crippen molar-refractivity contribution in [3.05, 3.63) is 48.5 Å². The van der Waals surface area contributed by atoms with E-state index >= 15 is 0 Å². The van der Waals surface area contributed by atoms with E-state index in [1.807, 2.05) is 36.4 Å². The van der Waals surface area contributed by atoms with Crippen LogP contribution in [-0.2, 0) is 0 Å². The number of hydrogen-bond donors (Lipinski definition) is 2. The molecule has 2 aromatic carbocycles. The molecule has 110 valence electrons. The first-order chi connectivity index (χ1) is 10.2. The van der Waals surface area contributed by atoms with Crippen molar-refractivity contribution in [2.45, 2.75) is 18.9 Å². The molecule has 21 heavy (non-hydrogen) atoms. The average molecular weight is 283 g/mol. The summed E-state index contributed by atoms with van der Waals surface area (Å²) in [6, 6.07) is 15.7. The fraction of sp³-hybridized carbons (Fsp3) is 0.294. The van der Waals surface area contributed by atoms with Gasteiger partial charge in [0.15, 0.2) is 0 Å². The zero-order chi connectivity index (χ0) is 14.7. The van der Waals surface area contributed by atoms with Crippen LogP contribution >= 0.6 is 0 Å². The van der Waals surface area contributed by atoms with Gasteiger partial charge in [-0.2, -0.15) is 0 Å². The van der Waals surface area contributed by atoms with E-state index in [4.69, 9.17) is 16.2 Å². The number of benzene rings is 2. The molecule has 2 aromatic rings. The van der Waals surface area contributed by atoms with E-state index in [0.29, 0.717) is 0 Å². The fourth-order valence-corrected chi connectivity index (χ4v) is 2.66. The van der Waals surface area contributed by atoms with Crippen LogP contribution in [0.2, 0.25) is 0 Å². The fourth-order valence-electron chi connectivity index (χ4n) is 2.66. The third kappa shape index (κ3) is 3.40. The van der Waals surface area contributed by atoms with Crippen LogP contribution in [0.1, 0.15) is 12.8 Å². The first-order valence-corrected chi connectivity index (χ1v) is 7.33. The highest BCUT2D eigenvalue weighted by molar-refractivity contribution is 5.53. The van der Waals surface area contributed by atoms with Crippen LogP contribution in [0.25, 0.3) is 0 Å². The van der Waals surface area contributed by atoms with Gasteiger partial charge in [0.05, 0.1) is 0 Å². The molecule has 0 spiro atoms. The molecule has 0 atom stereocenters.